The molecule has 0 amide bonds. The minimum Gasteiger partial charge on any atom is -0.247 e. The zero-order valence-electron chi connectivity index (χ0n) is 11.3. The van der Waals surface area contributed by atoms with Crippen LogP contribution in [0.2, 0.25) is 0 Å². The summed E-state index contributed by atoms with van der Waals surface area (Å²) in [7, 11) is 0. The number of halogens is 3. The van der Waals surface area contributed by atoms with Crippen molar-refractivity contribution in [2.75, 3.05) is 0 Å². The maximum absolute atomic E-state index is 12.8. The van der Waals surface area contributed by atoms with E-state index in [-0.39, 0.29) is 0 Å². The van der Waals surface area contributed by atoms with Crippen molar-refractivity contribution in [1.29, 1.82) is 0 Å². The van der Waals surface area contributed by atoms with Crippen LogP contribution in [0.5, 0.6) is 0 Å². The van der Waals surface area contributed by atoms with Crippen LogP contribution < -0.4 is 0 Å². The van der Waals surface area contributed by atoms with E-state index in [1.807, 2.05) is 24.3 Å². The van der Waals surface area contributed by atoms with Gasteiger partial charge in [0.1, 0.15) is 0 Å². The van der Waals surface area contributed by atoms with Crippen molar-refractivity contribution in [1.82, 2.24) is 4.98 Å². The first-order chi connectivity index (χ1) is 10.5. The van der Waals surface area contributed by atoms with Crippen LogP contribution in [0.15, 0.2) is 53.4 Å². The van der Waals surface area contributed by atoms with Crippen molar-refractivity contribution in [2.24, 2.45) is 0 Å². The number of hydrogen-bond acceptors (Lipinski definition) is 2. The molecule has 0 spiro atoms. The fourth-order valence-corrected chi connectivity index (χ4v) is 3.73. The van der Waals surface area contributed by atoms with Gasteiger partial charge in [-0.3, -0.25) is 0 Å². The third-order valence-corrected chi connectivity index (χ3v) is 4.85. The summed E-state index contributed by atoms with van der Waals surface area (Å²) >= 11 is 1.43. The SMILES string of the molecule is FC(F)(F)c1ccc2c(c1)SCc1cc3ccccc3nc1-2. The summed E-state index contributed by atoms with van der Waals surface area (Å²) in [5.74, 6) is 0.640. The fourth-order valence-electron chi connectivity index (χ4n) is 2.67. The molecule has 2 heterocycles. The molecule has 110 valence electrons. The lowest BCUT2D eigenvalue weighted by atomic mass is 10.0. The Morgan fingerprint density at radius 2 is 1.82 bits per heavy atom. The molecule has 2 aromatic carbocycles. The zero-order chi connectivity index (χ0) is 15.3. The highest BCUT2D eigenvalue weighted by atomic mass is 32.2. The molecule has 0 fully saturated rings. The second kappa shape index (κ2) is 4.74. The predicted octanol–water partition coefficient (Wildman–Crippen LogP) is 5.53. The lowest BCUT2D eigenvalue weighted by Crippen LogP contribution is -2.07. The molecule has 0 N–H and O–H groups in total. The van der Waals surface area contributed by atoms with Gasteiger partial charge in [0, 0.05) is 21.6 Å². The van der Waals surface area contributed by atoms with Crippen molar-refractivity contribution in [3.05, 3.63) is 59.7 Å². The number of rotatable bonds is 0. The van der Waals surface area contributed by atoms with Gasteiger partial charge in [-0.25, -0.2) is 4.98 Å². The van der Waals surface area contributed by atoms with Gasteiger partial charge in [-0.05, 0) is 29.8 Å². The molecular weight excluding hydrogens is 307 g/mol. The molecule has 1 nitrogen and oxygen atoms in total. The number of hydrogen-bond donors (Lipinski definition) is 0. The molecule has 0 bridgehead atoms. The van der Waals surface area contributed by atoms with Crippen molar-refractivity contribution >= 4 is 22.7 Å². The van der Waals surface area contributed by atoms with E-state index in [9.17, 15) is 13.2 Å². The third-order valence-electron chi connectivity index (χ3n) is 3.75. The Balaban J connectivity index is 1.92. The van der Waals surface area contributed by atoms with Crippen LogP contribution in [0.4, 0.5) is 13.2 Å². The van der Waals surface area contributed by atoms with Crippen LogP contribution >= 0.6 is 11.8 Å². The Bertz CT molecular complexity index is 887. The smallest absolute Gasteiger partial charge is 0.247 e. The van der Waals surface area contributed by atoms with E-state index in [0.717, 1.165) is 33.8 Å². The Morgan fingerprint density at radius 3 is 2.64 bits per heavy atom. The van der Waals surface area contributed by atoms with Crippen LogP contribution in [-0.2, 0) is 11.9 Å². The monoisotopic (exact) mass is 317 g/mol. The van der Waals surface area contributed by atoms with Gasteiger partial charge in [0.25, 0.3) is 0 Å². The van der Waals surface area contributed by atoms with Crippen molar-refractivity contribution in [3.63, 3.8) is 0 Å². The highest BCUT2D eigenvalue weighted by molar-refractivity contribution is 7.98. The van der Waals surface area contributed by atoms with Gasteiger partial charge in [0.2, 0.25) is 0 Å². The van der Waals surface area contributed by atoms with Crippen LogP contribution in [0, 0.1) is 0 Å². The van der Waals surface area contributed by atoms with E-state index in [0.29, 0.717) is 10.6 Å². The van der Waals surface area contributed by atoms with E-state index >= 15 is 0 Å². The van der Waals surface area contributed by atoms with E-state index in [1.54, 1.807) is 0 Å². The quantitative estimate of drug-likeness (QED) is 0.541. The van der Waals surface area contributed by atoms with Gasteiger partial charge < -0.3 is 0 Å². The first-order valence-corrected chi connectivity index (χ1v) is 7.74. The number of benzene rings is 2. The van der Waals surface area contributed by atoms with Gasteiger partial charge >= 0.3 is 6.18 Å². The van der Waals surface area contributed by atoms with Gasteiger partial charge in [0.15, 0.2) is 0 Å². The molecule has 0 unspecified atom stereocenters. The molecule has 1 aromatic heterocycles. The molecule has 0 radical (unpaired) electrons. The first-order valence-electron chi connectivity index (χ1n) is 6.75. The summed E-state index contributed by atoms with van der Waals surface area (Å²) in [4.78, 5) is 5.30. The zero-order valence-corrected chi connectivity index (χ0v) is 12.1. The molecular formula is C17H10F3NS. The summed E-state index contributed by atoms with van der Waals surface area (Å²) in [5, 5.41) is 1.05. The minimum atomic E-state index is -4.31. The normalized spacial score (nSPS) is 13.8. The highest BCUT2D eigenvalue weighted by Crippen LogP contribution is 2.43. The Kier molecular flexibility index (Phi) is 2.94. The summed E-state index contributed by atoms with van der Waals surface area (Å²) in [6.45, 7) is 0. The maximum Gasteiger partial charge on any atom is 0.416 e. The minimum absolute atomic E-state index is 0.608. The van der Waals surface area contributed by atoms with Gasteiger partial charge in [-0.15, -0.1) is 11.8 Å². The van der Waals surface area contributed by atoms with Crippen LogP contribution in [0.1, 0.15) is 11.1 Å². The number of pyridine rings is 1. The predicted molar refractivity (Wildman–Crippen MR) is 81.7 cm³/mol. The van der Waals surface area contributed by atoms with Gasteiger partial charge in [0.05, 0.1) is 16.8 Å². The standard InChI is InChI=1S/C17H10F3NS/c18-17(19,20)12-5-6-13-15(8-12)22-9-11-7-10-3-1-2-4-14(10)21-16(11)13/h1-8H,9H2. The number of thioether (sulfide) groups is 1. The molecule has 5 heteroatoms. The van der Waals surface area contributed by atoms with Crippen LogP contribution in [0.3, 0.4) is 0 Å². The van der Waals surface area contributed by atoms with E-state index in [4.69, 9.17) is 0 Å². The molecule has 22 heavy (non-hydrogen) atoms. The topological polar surface area (TPSA) is 12.9 Å². The fraction of sp³-hybridized carbons (Fsp3) is 0.118. The number of nitrogens with zero attached hydrogens (tertiary/aromatic N) is 1. The van der Waals surface area contributed by atoms with E-state index < -0.39 is 11.7 Å². The van der Waals surface area contributed by atoms with Crippen LogP contribution in [-0.4, -0.2) is 4.98 Å². The lowest BCUT2D eigenvalue weighted by molar-refractivity contribution is -0.137. The molecule has 0 saturated carbocycles. The second-order valence-electron chi connectivity index (χ2n) is 5.19. The number of alkyl halides is 3. The lowest BCUT2D eigenvalue weighted by Gasteiger charge is -2.20. The molecule has 1 aliphatic heterocycles. The molecule has 0 saturated heterocycles. The highest BCUT2D eigenvalue weighted by Gasteiger charge is 2.32. The summed E-state index contributed by atoms with van der Waals surface area (Å²) in [6.07, 6.45) is -4.31. The summed E-state index contributed by atoms with van der Waals surface area (Å²) < 4.78 is 38.5. The summed E-state index contributed by atoms with van der Waals surface area (Å²) in [6, 6.07) is 13.7. The summed E-state index contributed by atoms with van der Waals surface area (Å²) in [5.41, 5.74) is 2.89. The second-order valence-corrected chi connectivity index (χ2v) is 6.20. The van der Waals surface area contributed by atoms with Crippen molar-refractivity contribution in [2.45, 2.75) is 16.8 Å². The van der Waals surface area contributed by atoms with E-state index in [2.05, 4.69) is 11.1 Å². The molecule has 1 aliphatic rings. The molecule has 0 aliphatic carbocycles. The molecule has 3 aromatic rings. The first kappa shape index (κ1) is 13.6. The Morgan fingerprint density at radius 1 is 1.00 bits per heavy atom. The Labute approximate surface area is 129 Å². The van der Waals surface area contributed by atoms with Gasteiger partial charge in [-0.2, -0.15) is 13.2 Å². The average Bonchev–Trinajstić information content (AvgIpc) is 2.51. The number of fused-ring (bicyclic) bond motifs is 4. The van der Waals surface area contributed by atoms with Crippen molar-refractivity contribution in [3.8, 4) is 11.3 Å². The number of para-hydroxylation sites is 1. The molecule has 4 rings (SSSR count). The van der Waals surface area contributed by atoms with E-state index in [1.165, 1.54) is 23.9 Å². The molecule has 0 atom stereocenters. The maximum atomic E-state index is 12.8. The number of aromatic nitrogens is 1. The Hall–Kier alpha value is -2.01. The largest absolute Gasteiger partial charge is 0.416 e. The van der Waals surface area contributed by atoms with Crippen LogP contribution in [0.25, 0.3) is 22.2 Å². The van der Waals surface area contributed by atoms with Crippen molar-refractivity contribution < 1.29 is 13.2 Å². The third kappa shape index (κ3) is 2.16. The average molecular weight is 317 g/mol. The van der Waals surface area contributed by atoms with Gasteiger partial charge in [-0.1, -0.05) is 24.3 Å².